The second-order valence-electron chi connectivity index (χ2n) is 7.33. The largest absolute Gasteiger partial charge is 0.374 e. The zero-order valence-corrected chi connectivity index (χ0v) is 14.9. The molecular formula is C17H37N3O. The van der Waals surface area contributed by atoms with E-state index in [9.17, 15) is 0 Å². The molecule has 0 aromatic carbocycles. The Labute approximate surface area is 132 Å². The van der Waals surface area contributed by atoms with E-state index in [0.29, 0.717) is 12.0 Å². The van der Waals surface area contributed by atoms with Gasteiger partial charge in [0.05, 0.1) is 12.7 Å². The van der Waals surface area contributed by atoms with Crippen molar-refractivity contribution in [2.45, 2.75) is 40.2 Å². The summed E-state index contributed by atoms with van der Waals surface area (Å²) in [6.45, 7) is 17.7. The number of rotatable bonds is 10. The van der Waals surface area contributed by atoms with Gasteiger partial charge in [-0.3, -0.25) is 4.90 Å². The van der Waals surface area contributed by atoms with Crippen molar-refractivity contribution >= 4 is 0 Å². The van der Waals surface area contributed by atoms with Crippen molar-refractivity contribution in [1.82, 2.24) is 15.1 Å². The van der Waals surface area contributed by atoms with Gasteiger partial charge in [0.25, 0.3) is 0 Å². The molecule has 1 aliphatic heterocycles. The Morgan fingerprint density at radius 2 is 1.95 bits per heavy atom. The lowest BCUT2D eigenvalue weighted by atomic mass is 10.1. The highest BCUT2D eigenvalue weighted by Gasteiger charge is 2.20. The number of likely N-dealkylation sites (N-methyl/N-ethyl adjacent to an activating group) is 1. The lowest BCUT2D eigenvalue weighted by Gasteiger charge is -2.34. The molecule has 4 heteroatoms. The number of hydrogen-bond acceptors (Lipinski definition) is 4. The van der Waals surface area contributed by atoms with Crippen molar-refractivity contribution in [2.24, 2.45) is 11.8 Å². The molecule has 0 aliphatic carbocycles. The minimum Gasteiger partial charge on any atom is -0.374 e. The second kappa shape index (κ2) is 10.5. The van der Waals surface area contributed by atoms with Crippen LogP contribution in [0.3, 0.4) is 0 Å². The van der Waals surface area contributed by atoms with Gasteiger partial charge in [0.2, 0.25) is 0 Å². The summed E-state index contributed by atoms with van der Waals surface area (Å²) in [5.41, 5.74) is 0. The van der Waals surface area contributed by atoms with E-state index in [1.165, 1.54) is 26.1 Å². The normalized spacial score (nSPS) is 20.9. The number of hydrogen-bond donors (Lipinski definition) is 1. The zero-order chi connectivity index (χ0) is 15.7. The number of ether oxygens (including phenoxy) is 1. The third kappa shape index (κ3) is 9.46. The van der Waals surface area contributed by atoms with Crippen molar-refractivity contribution in [1.29, 1.82) is 0 Å². The van der Waals surface area contributed by atoms with Crippen molar-refractivity contribution in [2.75, 3.05) is 59.5 Å². The van der Waals surface area contributed by atoms with Crippen LogP contribution in [0.2, 0.25) is 0 Å². The summed E-state index contributed by atoms with van der Waals surface area (Å²) in [4.78, 5) is 5.01. The van der Waals surface area contributed by atoms with Gasteiger partial charge in [-0.15, -0.1) is 0 Å². The molecule has 0 aromatic heterocycles. The quantitative estimate of drug-likeness (QED) is 0.667. The van der Waals surface area contributed by atoms with Gasteiger partial charge in [0, 0.05) is 32.7 Å². The van der Waals surface area contributed by atoms with Crippen LogP contribution in [0.25, 0.3) is 0 Å². The van der Waals surface area contributed by atoms with Gasteiger partial charge in [-0.1, -0.05) is 27.7 Å². The van der Waals surface area contributed by atoms with E-state index in [1.807, 2.05) is 0 Å². The predicted octanol–water partition coefficient (Wildman–Crippen LogP) is 1.91. The molecule has 126 valence electrons. The lowest BCUT2D eigenvalue weighted by molar-refractivity contribution is -0.0289. The molecule has 1 unspecified atom stereocenters. The van der Waals surface area contributed by atoms with Crippen molar-refractivity contribution in [3.05, 3.63) is 0 Å². The molecule has 0 amide bonds. The molecule has 21 heavy (non-hydrogen) atoms. The van der Waals surface area contributed by atoms with Crippen LogP contribution in [-0.4, -0.2) is 75.4 Å². The van der Waals surface area contributed by atoms with E-state index in [1.54, 1.807) is 0 Å². The van der Waals surface area contributed by atoms with E-state index in [2.05, 4.69) is 49.9 Å². The van der Waals surface area contributed by atoms with Gasteiger partial charge in [-0.05, 0) is 38.4 Å². The fraction of sp³-hybridized carbons (Fsp3) is 1.00. The third-order valence-electron chi connectivity index (χ3n) is 4.03. The molecule has 0 saturated carbocycles. The average Bonchev–Trinajstić information content (AvgIpc) is 2.43. The summed E-state index contributed by atoms with van der Waals surface area (Å²) >= 11 is 0. The van der Waals surface area contributed by atoms with Gasteiger partial charge in [0.1, 0.15) is 0 Å². The van der Waals surface area contributed by atoms with Crippen LogP contribution in [0.4, 0.5) is 0 Å². The van der Waals surface area contributed by atoms with Crippen molar-refractivity contribution in [3.8, 4) is 0 Å². The summed E-state index contributed by atoms with van der Waals surface area (Å²) < 4.78 is 5.86. The summed E-state index contributed by atoms with van der Waals surface area (Å²) in [5.74, 6) is 1.51. The molecule has 1 aliphatic rings. The molecule has 1 rings (SSSR count). The minimum atomic E-state index is 0.360. The smallest absolute Gasteiger partial charge is 0.0826 e. The van der Waals surface area contributed by atoms with Crippen LogP contribution in [0.5, 0.6) is 0 Å². The number of nitrogens with one attached hydrogen (secondary N) is 1. The Bertz CT molecular complexity index is 258. The summed E-state index contributed by atoms with van der Waals surface area (Å²) in [5, 5.41) is 3.51. The average molecular weight is 300 g/mol. The molecule has 1 heterocycles. The number of morpholine rings is 1. The monoisotopic (exact) mass is 299 g/mol. The predicted molar refractivity (Wildman–Crippen MR) is 90.8 cm³/mol. The standard InChI is InChI=1S/C17H37N3O/c1-15(2)6-7-19(5)8-9-20-10-11-21-17(14-20)13-18-12-16(3)4/h15-18H,6-14H2,1-5H3. The van der Waals surface area contributed by atoms with Gasteiger partial charge < -0.3 is 15.0 Å². The first-order valence-electron chi connectivity index (χ1n) is 8.70. The first-order valence-corrected chi connectivity index (χ1v) is 8.70. The topological polar surface area (TPSA) is 27.7 Å². The van der Waals surface area contributed by atoms with E-state index < -0.39 is 0 Å². The van der Waals surface area contributed by atoms with Crippen LogP contribution >= 0.6 is 0 Å². The van der Waals surface area contributed by atoms with E-state index in [-0.39, 0.29) is 0 Å². The van der Waals surface area contributed by atoms with Gasteiger partial charge in [-0.2, -0.15) is 0 Å². The molecule has 1 saturated heterocycles. The first-order chi connectivity index (χ1) is 9.97. The van der Waals surface area contributed by atoms with Crippen molar-refractivity contribution in [3.63, 3.8) is 0 Å². The van der Waals surface area contributed by atoms with Crippen LogP contribution in [-0.2, 0) is 4.74 Å². The second-order valence-corrected chi connectivity index (χ2v) is 7.33. The SMILES string of the molecule is CC(C)CCN(C)CCN1CCOC(CNCC(C)C)C1. The number of nitrogens with zero attached hydrogens (tertiary/aromatic N) is 2. The third-order valence-corrected chi connectivity index (χ3v) is 4.03. The van der Waals surface area contributed by atoms with Crippen LogP contribution < -0.4 is 5.32 Å². The van der Waals surface area contributed by atoms with E-state index in [4.69, 9.17) is 4.74 Å². The molecule has 1 N–H and O–H groups in total. The maximum Gasteiger partial charge on any atom is 0.0826 e. The lowest BCUT2D eigenvalue weighted by Crippen LogP contribution is -2.48. The Morgan fingerprint density at radius 1 is 1.19 bits per heavy atom. The molecule has 0 bridgehead atoms. The Balaban J connectivity index is 2.14. The van der Waals surface area contributed by atoms with Gasteiger partial charge in [0.15, 0.2) is 0 Å². The first kappa shape index (κ1) is 18.9. The van der Waals surface area contributed by atoms with E-state index in [0.717, 1.165) is 38.7 Å². The Kier molecular flexibility index (Phi) is 9.49. The summed E-state index contributed by atoms with van der Waals surface area (Å²) in [7, 11) is 2.24. The Hall–Kier alpha value is -0.160. The van der Waals surface area contributed by atoms with Gasteiger partial charge in [-0.25, -0.2) is 0 Å². The fourth-order valence-electron chi connectivity index (χ4n) is 2.54. The minimum absolute atomic E-state index is 0.360. The van der Waals surface area contributed by atoms with Gasteiger partial charge >= 0.3 is 0 Å². The fourth-order valence-corrected chi connectivity index (χ4v) is 2.54. The van der Waals surface area contributed by atoms with Crippen LogP contribution in [0.1, 0.15) is 34.1 Å². The highest BCUT2D eigenvalue weighted by molar-refractivity contribution is 4.74. The molecule has 1 atom stereocenters. The van der Waals surface area contributed by atoms with Crippen LogP contribution in [0.15, 0.2) is 0 Å². The molecule has 4 nitrogen and oxygen atoms in total. The molecule has 0 radical (unpaired) electrons. The van der Waals surface area contributed by atoms with Crippen LogP contribution in [0, 0.1) is 11.8 Å². The molecular weight excluding hydrogens is 262 g/mol. The summed E-state index contributed by atoms with van der Waals surface area (Å²) in [6.07, 6.45) is 1.65. The maximum absolute atomic E-state index is 5.86. The van der Waals surface area contributed by atoms with Crippen molar-refractivity contribution < 1.29 is 4.74 Å². The van der Waals surface area contributed by atoms with E-state index >= 15 is 0 Å². The Morgan fingerprint density at radius 3 is 2.62 bits per heavy atom. The summed E-state index contributed by atoms with van der Waals surface area (Å²) in [6, 6.07) is 0. The molecule has 1 fully saturated rings. The zero-order valence-electron chi connectivity index (χ0n) is 14.9. The molecule has 0 spiro atoms. The molecule has 0 aromatic rings. The highest BCUT2D eigenvalue weighted by Crippen LogP contribution is 2.06. The highest BCUT2D eigenvalue weighted by atomic mass is 16.5. The maximum atomic E-state index is 5.86.